The number of benzene rings is 1. The van der Waals surface area contributed by atoms with Gasteiger partial charge in [0.05, 0.1) is 4.92 Å². The molecular formula is C16H25N3O2. The van der Waals surface area contributed by atoms with Gasteiger partial charge in [-0.3, -0.25) is 15.0 Å². The van der Waals surface area contributed by atoms with Gasteiger partial charge < -0.3 is 5.73 Å². The van der Waals surface area contributed by atoms with E-state index in [0.717, 1.165) is 25.1 Å². The molecule has 0 aromatic heterocycles. The molecule has 2 atom stereocenters. The zero-order valence-electron chi connectivity index (χ0n) is 12.9. The van der Waals surface area contributed by atoms with Gasteiger partial charge in [-0.2, -0.15) is 0 Å². The normalized spacial score (nSPS) is 22.7. The summed E-state index contributed by atoms with van der Waals surface area (Å²) in [5.41, 5.74) is 7.05. The topological polar surface area (TPSA) is 72.4 Å². The van der Waals surface area contributed by atoms with E-state index in [-0.39, 0.29) is 16.1 Å². The maximum atomic E-state index is 10.9. The molecule has 2 N–H and O–H groups in total. The lowest BCUT2D eigenvalue weighted by molar-refractivity contribution is -0.384. The van der Waals surface area contributed by atoms with Crippen LogP contribution in [-0.4, -0.2) is 35.0 Å². The average Bonchev–Trinajstić information content (AvgIpc) is 2.47. The number of hydrogen-bond donors (Lipinski definition) is 1. The minimum atomic E-state index is -0.341. The van der Waals surface area contributed by atoms with Gasteiger partial charge in [-0.15, -0.1) is 0 Å². The summed E-state index contributed by atoms with van der Waals surface area (Å²) in [6.45, 7) is 7.12. The van der Waals surface area contributed by atoms with E-state index < -0.39 is 0 Å². The zero-order valence-corrected chi connectivity index (χ0v) is 12.9. The minimum Gasteiger partial charge on any atom is -0.329 e. The van der Waals surface area contributed by atoms with E-state index in [4.69, 9.17) is 5.73 Å². The van der Waals surface area contributed by atoms with Crippen molar-refractivity contribution in [3.05, 3.63) is 39.9 Å². The van der Waals surface area contributed by atoms with Crippen LogP contribution in [0.15, 0.2) is 24.3 Å². The Kier molecular flexibility index (Phi) is 4.96. The molecule has 0 amide bonds. The number of likely N-dealkylation sites (tertiary alicyclic amines) is 1. The van der Waals surface area contributed by atoms with Crippen molar-refractivity contribution in [3.63, 3.8) is 0 Å². The molecule has 2 rings (SSSR count). The van der Waals surface area contributed by atoms with Crippen LogP contribution in [-0.2, 0) is 6.42 Å². The summed E-state index contributed by atoms with van der Waals surface area (Å²) in [5.74, 6) is 0.690. The number of nitrogens with zero attached hydrogens (tertiary/aromatic N) is 2. The molecule has 0 radical (unpaired) electrons. The fourth-order valence-corrected chi connectivity index (χ4v) is 3.21. The fourth-order valence-electron chi connectivity index (χ4n) is 3.21. The maximum absolute atomic E-state index is 10.9. The Morgan fingerprint density at radius 2 is 2.29 bits per heavy atom. The third-order valence-corrected chi connectivity index (χ3v) is 4.57. The second kappa shape index (κ2) is 6.54. The Morgan fingerprint density at radius 3 is 2.90 bits per heavy atom. The summed E-state index contributed by atoms with van der Waals surface area (Å²) < 4.78 is 0. The van der Waals surface area contributed by atoms with Crippen molar-refractivity contribution in [2.45, 2.75) is 38.6 Å². The van der Waals surface area contributed by atoms with Crippen LogP contribution in [0.25, 0.3) is 0 Å². The van der Waals surface area contributed by atoms with Gasteiger partial charge in [0.2, 0.25) is 0 Å². The second-order valence-electron chi connectivity index (χ2n) is 6.50. The summed E-state index contributed by atoms with van der Waals surface area (Å²) in [7, 11) is 0. The molecule has 5 heteroatoms. The lowest BCUT2D eigenvalue weighted by Gasteiger charge is -2.44. The van der Waals surface area contributed by atoms with E-state index in [0.29, 0.717) is 12.5 Å². The quantitative estimate of drug-likeness (QED) is 0.668. The molecule has 1 aromatic carbocycles. The summed E-state index contributed by atoms with van der Waals surface area (Å²) in [6.07, 6.45) is 3.22. The van der Waals surface area contributed by atoms with E-state index >= 15 is 0 Å². The van der Waals surface area contributed by atoms with Gasteiger partial charge >= 0.3 is 0 Å². The van der Waals surface area contributed by atoms with Crippen LogP contribution in [0.3, 0.4) is 0 Å². The van der Waals surface area contributed by atoms with Gasteiger partial charge in [0.15, 0.2) is 0 Å². The highest BCUT2D eigenvalue weighted by Gasteiger charge is 2.33. The minimum absolute atomic E-state index is 0.135. The molecule has 116 valence electrons. The Morgan fingerprint density at radius 1 is 1.52 bits per heavy atom. The van der Waals surface area contributed by atoms with Crippen molar-refractivity contribution in [1.29, 1.82) is 0 Å². The molecule has 0 saturated carbocycles. The van der Waals surface area contributed by atoms with Gasteiger partial charge in [-0.1, -0.05) is 19.1 Å². The third-order valence-electron chi connectivity index (χ3n) is 4.57. The molecule has 1 aliphatic heterocycles. The number of non-ortho nitro benzene ring substituents is 1. The van der Waals surface area contributed by atoms with Crippen LogP contribution in [0, 0.1) is 16.0 Å². The molecule has 2 unspecified atom stereocenters. The number of hydrogen-bond acceptors (Lipinski definition) is 4. The number of piperidine rings is 1. The molecule has 1 saturated heterocycles. The molecule has 5 nitrogen and oxygen atoms in total. The predicted octanol–water partition coefficient (Wildman–Crippen LogP) is 2.59. The monoisotopic (exact) mass is 291 g/mol. The highest BCUT2D eigenvalue weighted by molar-refractivity contribution is 5.35. The summed E-state index contributed by atoms with van der Waals surface area (Å²) in [4.78, 5) is 13.0. The molecule has 1 aliphatic rings. The molecule has 0 aliphatic carbocycles. The number of rotatable bonds is 5. The lowest BCUT2D eigenvalue weighted by atomic mass is 9.87. The van der Waals surface area contributed by atoms with Gasteiger partial charge in [0.25, 0.3) is 5.69 Å². The highest BCUT2D eigenvalue weighted by Crippen LogP contribution is 2.27. The van der Waals surface area contributed by atoms with E-state index in [1.54, 1.807) is 12.1 Å². The van der Waals surface area contributed by atoms with Gasteiger partial charge in [-0.05, 0) is 44.2 Å². The first-order valence-electron chi connectivity index (χ1n) is 7.63. The number of nitro benzene ring substituents is 1. The van der Waals surface area contributed by atoms with Crippen LogP contribution in [0.4, 0.5) is 5.69 Å². The van der Waals surface area contributed by atoms with Gasteiger partial charge in [0, 0.05) is 30.8 Å². The van der Waals surface area contributed by atoms with Crippen molar-refractivity contribution < 1.29 is 4.92 Å². The van der Waals surface area contributed by atoms with Crippen molar-refractivity contribution in [3.8, 4) is 0 Å². The second-order valence-corrected chi connectivity index (χ2v) is 6.50. The standard InChI is InChI=1S/C16H25N3O2/c1-13-5-4-8-18(11-13)16(2,12-17)10-14-6-3-7-15(9-14)19(20)21/h3,6-7,9,13H,4-5,8,10-12,17H2,1-2H3. The molecule has 1 aromatic rings. The third kappa shape index (κ3) is 3.80. The molecule has 21 heavy (non-hydrogen) atoms. The Labute approximate surface area is 126 Å². The smallest absolute Gasteiger partial charge is 0.269 e. The number of nitro groups is 1. The van der Waals surface area contributed by atoms with E-state index in [1.807, 2.05) is 6.07 Å². The Hall–Kier alpha value is -1.46. The molecule has 0 bridgehead atoms. The zero-order chi connectivity index (χ0) is 15.5. The van der Waals surface area contributed by atoms with Crippen LogP contribution in [0.1, 0.15) is 32.3 Å². The first kappa shape index (κ1) is 15.9. The maximum Gasteiger partial charge on any atom is 0.269 e. The molecule has 0 spiro atoms. The SMILES string of the molecule is CC1CCCN(C(C)(CN)Cc2cccc([N+](=O)[O-])c2)C1. The Balaban J connectivity index is 2.17. The van der Waals surface area contributed by atoms with Crippen LogP contribution >= 0.6 is 0 Å². The van der Waals surface area contributed by atoms with E-state index in [1.165, 1.54) is 18.9 Å². The average molecular weight is 291 g/mol. The summed E-state index contributed by atoms with van der Waals surface area (Å²) in [5, 5.41) is 10.9. The van der Waals surface area contributed by atoms with Gasteiger partial charge in [0.1, 0.15) is 0 Å². The van der Waals surface area contributed by atoms with Crippen LogP contribution in [0.5, 0.6) is 0 Å². The van der Waals surface area contributed by atoms with Crippen LogP contribution in [0.2, 0.25) is 0 Å². The highest BCUT2D eigenvalue weighted by atomic mass is 16.6. The van der Waals surface area contributed by atoms with Crippen molar-refractivity contribution >= 4 is 5.69 Å². The van der Waals surface area contributed by atoms with Crippen molar-refractivity contribution in [2.24, 2.45) is 11.7 Å². The lowest BCUT2D eigenvalue weighted by Crippen LogP contribution is -2.56. The Bertz CT molecular complexity index is 506. The summed E-state index contributed by atoms with van der Waals surface area (Å²) >= 11 is 0. The fraction of sp³-hybridized carbons (Fsp3) is 0.625. The first-order valence-corrected chi connectivity index (χ1v) is 7.63. The number of nitrogens with two attached hydrogens (primary N) is 1. The molecule has 1 heterocycles. The molecular weight excluding hydrogens is 266 g/mol. The van der Waals surface area contributed by atoms with Crippen molar-refractivity contribution in [1.82, 2.24) is 4.90 Å². The van der Waals surface area contributed by atoms with E-state index in [9.17, 15) is 10.1 Å². The summed E-state index contributed by atoms with van der Waals surface area (Å²) in [6, 6.07) is 6.91. The molecule has 1 fully saturated rings. The van der Waals surface area contributed by atoms with Crippen molar-refractivity contribution in [2.75, 3.05) is 19.6 Å². The van der Waals surface area contributed by atoms with Gasteiger partial charge in [-0.25, -0.2) is 0 Å². The largest absolute Gasteiger partial charge is 0.329 e. The van der Waals surface area contributed by atoms with Crippen LogP contribution < -0.4 is 5.73 Å². The first-order chi connectivity index (χ1) is 9.94. The van der Waals surface area contributed by atoms with E-state index in [2.05, 4.69) is 18.7 Å². The predicted molar refractivity (Wildman–Crippen MR) is 84.2 cm³/mol.